The third-order valence-corrected chi connectivity index (χ3v) is 2.04. The molecule has 0 fully saturated rings. The molecule has 0 saturated carbocycles. The van der Waals surface area contributed by atoms with Crippen molar-refractivity contribution >= 4 is 0 Å². The van der Waals surface area contributed by atoms with Crippen molar-refractivity contribution in [2.75, 3.05) is 20.8 Å². The van der Waals surface area contributed by atoms with Crippen molar-refractivity contribution < 1.29 is 18.7 Å². The van der Waals surface area contributed by atoms with Crippen molar-refractivity contribution in [3.05, 3.63) is 23.5 Å². The van der Waals surface area contributed by atoms with Crippen LogP contribution < -0.4 is 15.4 Å². The van der Waals surface area contributed by atoms with E-state index in [1.165, 1.54) is 26.4 Å². The molecule has 1 aromatic rings. The molecule has 0 unspecified atom stereocenters. The Labute approximate surface area is 87.7 Å². The molecule has 0 aliphatic carbocycles. The lowest BCUT2D eigenvalue weighted by Gasteiger charge is -2.10. The molecular weight excluding hydrogens is 201 g/mol. The van der Waals surface area contributed by atoms with Gasteiger partial charge in [-0.3, -0.25) is 0 Å². The fourth-order valence-corrected chi connectivity index (χ4v) is 1.29. The van der Waals surface area contributed by atoms with Gasteiger partial charge in [-0.15, -0.1) is 0 Å². The van der Waals surface area contributed by atoms with Crippen LogP contribution in [0.1, 0.15) is 5.56 Å². The average molecular weight is 215 g/mol. The zero-order valence-corrected chi connectivity index (χ0v) is 8.75. The van der Waals surface area contributed by atoms with Crippen LogP contribution >= 0.6 is 0 Å². The van der Waals surface area contributed by atoms with E-state index in [0.717, 1.165) is 0 Å². The molecule has 0 aliphatic rings. The third kappa shape index (κ3) is 2.81. The Balaban J connectivity index is 2.98. The van der Waals surface area contributed by atoms with Gasteiger partial charge in [0.1, 0.15) is 5.75 Å². The molecule has 0 aliphatic heterocycles. The van der Waals surface area contributed by atoms with Crippen LogP contribution in [-0.2, 0) is 11.3 Å². The second-order valence-corrected chi connectivity index (χ2v) is 2.92. The van der Waals surface area contributed by atoms with E-state index < -0.39 is 5.82 Å². The molecule has 0 bridgehead atoms. The van der Waals surface area contributed by atoms with Crippen LogP contribution in [0.5, 0.6) is 11.5 Å². The van der Waals surface area contributed by atoms with Gasteiger partial charge in [0, 0.05) is 12.5 Å². The highest BCUT2D eigenvalue weighted by Gasteiger charge is 2.10. The highest BCUT2D eigenvalue weighted by molar-refractivity contribution is 5.42. The molecular formula is C10H14FNO3. The number of methoxy groups -OCH3 is 2. The van der Waals surface area contributed by atoms with Crippen LogP contribution in [0.3, 0.4) is 0 Å². The minimum Gasteiger partial charge on any atom is -0.496 e. The van der Waals surface area contributed by atoms with E-state index >= 15 is 0 Å². The summed E-state index contributed by atoms with van der Waals surface area (Å²) < 4.78 is 23.3. The zero-order chi connectivity index (χ0) is 11.3. The minimum absolute atomic E-state index is 0.157. The summed E-state index contributed by atoms with van der Waals surface area (Å²) in [6, 6.07) is 2.86. The monoisotopic (exact) mass is 215 g/mol. The first-order valence-electron chi connectivity index (χ1n) is 4.45. The Morgan fingerprint density at radius 2 is 1.87 bits per heavy atom. The minimum atomic E-state index is -0.426. The van der Waals surface area contributed by atoms with Crippen LogP contribution in [0, 0.1) is 5.82 Å². The molecule has 0 radical (unpaired) electrons. The normalized spacial score (nSPS) is 10.1. The van der Waals surface area contributed by atoms with E-state index in [9.17, 15) is 4.39 Å². The Morgan fingerprint density at radius 1 is 1.20 bits per heavy atom. The van der Waals surface area contributed by atoms with E-state index in [4.69, 9.17) is 15.4 Å². The molecule has 0 aromatic heterocycles. The lowest BCUT2D eigenvalue weighted by atomic mass is 10.1. The van der Waals surface area contributed by atoms with Gasteiger partial charge in [-0.1, -0.05) is 0 Å². The van der Waals surface area contributed by atoms with Crippen LogP contribution in [0.15, 0.2) is 12.1 Å². The van der Waals surface area contributed by atoms with Gasteiger partial charge < -0.3 is 14.3 Å². The lowest BCUT2D eigenvalue weighted by molar-refractivity contribution is 0.140. The van der Waals surface area contributed by atoms with Crippen molar-refractivity contribution in [2.24, 2.45) is 5.90 Å². The van der Waals surface area contributed by atoms with Crippen molar-refractivity contribution in [3.63, 3.8) is 0 Å². The van der Waals surface area contributed by atoms with Gasteiger partial charge in [0.15, 0.2) is 11.6 Å². The van der Waals surface area contributed by atoms with E-state index in [1.54, 1.807) is 0 Å². The third-order valence-electron chi connectivity index (χ3n) is 2.04. The first-order valence-corrected chi connectivity index (χ1v) is 4.45. The average Bonchev–Trinajstić information content (AvgIpc) is 2.26. The van der Waals surface area contributed by atoms with E-state index in [2.05, 4.69) is 4.84 Å². The number of ether oxygens (including phenoxy) is 2. The molecule has 5 heteroatoms. The summed E-state index contributed by atoms with van der Waals surface area (Å²) in [5.41, 5.74) is 0.696. The number of rotatable bonds is 5. The Hall–Kier alpha value is -1.33. The van der Waals surface area contributed by atoms with Gasteiger partial charge in [0.2, 0.25) is 0 Å². The van der Waals surface area contributed by atoms with E-state index in [0.29, 0.717) is 24.3 Å². The van der Waals surface area contributed by atoms with Gasteiger partial charge in [-0.25, -0.2) is 10.3 Å². The maximum Gasteiger partial charge on any atom is 0.165 e. The Kier molecular flexibility index (Phi) is 4.33. The summed E-state index contributed by atoms with van der Waals surface area (Å²) in [6.07, 6.45) is 0.487. The lowest BCUT2D eigenvalue weighted by Crippen LogP contribution is -2.05. The molecule has 1 rings (SSSR count). The molecule has 0 heterocycles. The number of hydrogen-bond donors (Lipinski definition) is 1. The molecule has 0 spiro atoms. The first kappa shape index (κ1) is 11.7. The van der Waals surface area contributed by atoms with Gasteiger partial charge in [-0.05, 0) is 11.6 Å². The summed E-state index contributed by atoms with van der Waals surface area (Å²) in [6.45, 7) is 0.308. The van der Waals surface area contributed by atoms with Crippen LogP contribution in [0.25, 0.3) is 0 Å². The van der Waals surface area contributed by atoms with Crippen LogP contribution in [0.4, 0.5) is 4.39 Å². The largest absolute Gasteiger partial charge is 0.496 e. The highest BCUT2D eigenvalue weighted by atomic mass is 19.1. The highest BCUT2D eigenvalue weighted by Crippen LogP contribution is 2.28. The Bertz CT molecular complexity index is 331. The summed E-state index contributed by atoms with van der Waals surface area (Å²) in [7, 11) is 2.92. The second-order valence-electron chi connectivity index (χ2n) is 2.92. The molecule has 4 nitrogen and oxygen atoms in total. The number of benzene rings is 1. The number of halogens is 1. The van der Waals surface area contributed by atoms with E-state index in [-0.39, 0.29) is 5.75 Å². The number of nitrogens with two attached hydrogens (primary N) is 1. The molecule has 0 atom stereocenters. The predicted octanol–water partition coefficient (Wildman–Crippen LogP) is 1.28. The molecule has 0 saturated heterocycles. The zero-order valence-electron chi connectivity index (χ0n) is 8.75. The molecule has 1 aromatic carbocycles. The van der Waals surface area contributed by atoms with Crippen LogP contribution in [0.2, 0.25) is 0 Å². The van der Waals surface area contributed by atoms with Gasteiger partial charge in [-0.2, -0.15) is 0 Å². The van der Waals surface area contributed by atoms with Crippen molar-refractivity contribution in [1.82, 2.24) is 0 Å². The summed E-state index contributed by atoms with van der Waals surface area (Å²) >= 11 is 0. The first-order chi connectivity index (χ1) is 7.22. The van der Waals surface area contributed by atoms with E-state index in [1.807, 2.05) is 0 Å². The fraction of sp³-hybridized carbons (Fsp3) is 0.400. The van der Waals surface area contributed by atoms with Crippen LogP contribution in [-0.4, -0.2) is 20.8 Å². The SMILES string of the molecule is COc1cc(OC)c(CCON)cc1F. The van der Waals surface area contributed by atoms with Crippen molar-refractivity contribution in [1.29, 1.82) is 0 Å². The standard InChI is InChI=1S/C10H14FNO3/c1-13-9-6-10(14-2)8(11)5-7(9)3-4-15-12/h5-6H,3-4,12H2,1-2H3. The summed E-state index contributed by atoms with van der Waals surface area (Å²) in [5, 5.41) is 0. The summed E-state index contributed by atoms with van der Waals surface area (Å²) in [4.78, 5) is 4.43. The second kappa shape index (κ2) is 5.53. The quantitative estimate of drug-likeness (QED) is 0.752. The van der Waals surface area contributed by atoms with Gasteiger partial charge in [0.25, 0.3) is 0 Å². The maximum atomic E-state index is 13.3. The predicted molar refractivity (Wildman–Crippen MR) is 53.3 cm³/mol. The van der Waals surface area contributed by atoms with Gasteiger partial charge >= 0.3 is 0 Å². The molecule has 0 amide bonds. The van der Waals surface area contributed by atoms with Gasteiger partial charge in [0.05, 0.1) is 20.8 Å². The topological polar surface area (TPSA) is 53.7 Å². The molecule has 15 heavy (non-hydrogen) atoms. The van der Waals surface area contributed by atoms with Crippen molar-refractivity contribution in [3.8, 4) is 11.5 Å². The summed E-state index contributed by atoms with van der Waals surface area (Å²) in [5.74, 6) is 5.19. The smallest absolute Gasteiger partial charge is 0.165 e. The maximum absolute atomic E-state index is 13.3. The van der Waals surface area contributed by atoms with Crippen molar-refractivity contribution in [2.45, 2.75) is 6.42 Å². The molecule has 84 valence electrons. The number of hydrogen-bond acceptors (Lipinski definition) is 4. The Morgan fingerprint density at radius 3 is 2.40 bits per heavy atom. The molecule has 2 N–H and O–H groups in total. The fourth-order valence-electron chi connectivity index (χ4n) is 1.29.